The van der Waals surface area contributed by atoms with Crippen LogP contribution in [0.3, 0.4) is 0 Å². The number of nitrogens with zero attached hydrogens (tertiary/aromatic N) is 6. The van der Waals surface area contributed by atoms with Crippen molar-refractivity contribution < 1.29 is 14.6 Å². The van der Waals surface area contributed by atoms with Gasteiger partial charge < -0.3 is 19.5 Å². The lowest BCUT2D eigenvalue weighted by Gasteiger charge is -2.27. The molecule has 0 spiro atoms. The summed E-state index contributed by atoms with van der Waals surface area (Å²) in [6.07, 6.45) is 4.94. The average Bonchev–Trinajstić information content (AvgIpc) is 3.10. The van der Waals surface area contributed by atoms with Crippen LogP contribution in [0.2, 0.25) is 0 Å². The highest BCUT2D eigenvalue weighted by atomic mass is 16.5. The molecule has 0 atom stereocenters. The molecule has 1 aromatic carbocycles. The number of benzene rings is 2. The third-order valence-corrected chi connectivity index (χ3v) is 10.2. The number of rotatable bonds is 11. The first-order valence-corrected chi connectivity index (χ1v) is 17.4. The normalized spacial score (nSPS) is 19.5. The Bertz CT molecular complexity index is 1890. The van der Waals surface area contributed by atoms with Crippen molar-refractivity contribution in [1.29, 1.82) is 0 Å². The van der Waals surface area contributed by atoms with Crippen LogP contribution in [-0.2, 0) is 22.6 Å². The minimum absolute atomic E-state index is 0.139. The monoisotopic (exact) mass is 646 g/mol. The molecule has 12 heteroatoms. The van der Waals surface area contributed by atoms with Crippen molar-refractivity contribution in [3.05, 3.63) is 54.6 Å². The first-order chi connectivity index (χ1) is 23.0. The highest BCUT2D eigenvalue weighted by Gasteiger charge is 2.27. The molecule has 0 bridgehead atoms. The zero-order chi connectivity index (χ0) is 32.3. The second kappa shape index (κ2) is 14.4. The van der Waals surface area contributed by atoms with E-state index in [1.54, 1.807) is 18.2 Å². The van der Waals surface area contributed by atoms with E-state index in [0.717, 1.165) is 58.9 Å². The maximum absolute atomic E-state index is 14.3. The van der Waals surface area contributed by atoms with Gasteiger partial charge in [-0.1, -0.05) is 6.42 Å². The van der Waals surface area contributed by atoms with E-state index in [2.05, 4.69) is 14.7 Å². The van der Waals surface area contributed by atoms with E-state index in [-0.39, 0.29) is 22.6 Å². The minimum atomic E-state index is -0.375. The molecule has 4 aliphatic heterocycles. The fourth-order valence-corrected chi connectivity index (χ4v) is 7.65. The number of likely N-dealkylation sites (tertiary alicyclic amines) is 1. The number of hydrogen-bond donors (Lipinski definition) is 1. The molecular weight excluding hydrogens is 600 g/mol. The van der Waals surface area contributed by atoms with E-state index < -0.39 is 0 Å². The summed E-state index contributed by atoms with van der Waals surface area (Å²) in [4.78, 5) is 54.1. The molecule has 0 saturated carbocycles. The van der Waals surface area contributed by atoms with Gasteiger partial charge in [0.15, 0.2) is 0 Å². The fourth-order valence-electron chi connectivity index (χ4n) is 7.65. The van der Waals surface area contributed by atoms with Gasteiger partial charge >= 0.3 is 0 Å². The summed E-state index contributed by atoms with van der Waals surface area (Å²) in [5.74, 6) is -0.139. The van der Waals surface area contributed by atoms with E-state index >= 15 is 0 Å². The summed E-state index contributed by atoms with van der Waals surface area (Å²) >= 11 is 0. The Labute approximate surface area is 273 Å². The third-order valence-electron chi connectivity index (χ3n) is 10.2. The zero-order valence-corrected chi connectivity index (χ0v) is 27.3. The van der Waals surface area contributed by atoms with E-state index in [1.165, 1.54) is 28.4 Å². The molecule has 252 valence electrons. The molecule has 3 saturated heterocycles. The lowest BCUT2D eigenvalue weighted by molar-refractivity contribution is 0.0368. The maximum atomic E-state index is 14.3. The van der Waals surface area contributed by atoms with Crippen LogP contribution in [0.4, 0.5) is 0 Å². The molecule has 5 heterocycles. The lowest BCUT2D eigenvalue weighted by atomic mass is 9.90. The van der Waals surface area contributed by atoms with Crippen LogP contribution < -0.4 is 22.0 Å². The number of ether oxygens (including phenoxy) is 2. The van der Waals surface area contributed by atoms with E-state index in [1.807, 2.05) is 0 Å². The van der Waals surface area contributed by atoms with Gasteiger partial charge in [-0.05, 0) is 57.0 Å². The molecule has 0 amide bonds. The quantitative estimate of drug-likeness (QED) is 0.240. The topological polar surface area (TPSA) is 122 Å². The van der Waals surface area contributed by atoms with Crippen molar-refractivity contribution >= 4 is 21.5 Å². The molecule has 47 heavy (non-hydrogen) atoms. The Morgan fingerprint density at radius 2 is 1.23 bits per heavy atom. The zero-order valence-electron chi connectivity index (χ0n) is 27.3. The van der Waals surface area contributed by atoms with Crippen LogP contribution in [0.1, 0.15) is 32.1 Å². The minimum Gasteiger partial charge on any atom is -0.494 e. The highest BCUT2D eigenvalue weighted by Crippen LogP contribution is 2.36. The SMILES string of the molecule is O=c1c2c(=NCCN3CCCCC3)cc3c(=O)n(CCCN4CCOCC4)c(=O)c4ccc(c(O)n1CCCN1CCOCC1)c2c4-3. The van der Waals surface area contributed by atoms with E-state index in [4.69, 9.17) is 14.5 Å². The number of pyridine rings is 2. The van der Waals surface area contributed by atoms with Crippen molar-refractivity contribution in [2.75, 3.05) is 91.9 Å². The van der Waals surface area contributed by atoms with Crippen molar-refractivity contribution in [2.45, 2.75) is 45.2 Å². The van der Waals surface area contributed by atoms with Crippen molar-refractivity contribution in [1.82, 2.24) is 23.8 Å². The van der Waals surface area contributed by atoms with Gasteiger partial charge in [0.05, 0.1) is 49.3 Å². The Morgan fingerprint density at radius 1 is 0.638 bits per heavy atom. The molecule has 1 N–H and O–H groups in total. The van der Waals surface area contributed by atoms with Gasteiger partial charge in [-0.25, -0.2) is 0 Å². The van der Waals surface area contributed by atoms with Crippen LogP contribution >= 0.6 is 0 Å². The van der Waals surface area contributed by atoms with Gasteiger partial charge in [0.25, 0.3) is 16.7 Å². The van der Waals surface area contributed by atoms with Gasteiger partial charge in [0.1, 0.15) is 0 Å². The van der Waals surface area contributed by atoms with E-state index in [9.17, 15) is 19.5 Å². The maximum Gasteiger partial charge on any atom is 0.263 e. The third kappa shape index (κ3) is 6.54. The molecular formula is C35H46N6O6. The van der Waals surface area contributed by atoms with Crippen LogP contribution in [0.15, 0.2) is 37.6 Å². The molecule has 7 rings (SSSR count). The lowest BCUT2D eigenvalue weighted by Crippen LogP contribution is -2.39. The largest absolute Gasteiger partial charge is 0.494 e. The smallest absolute Gasteiger partial charge is 0.263 e. The van der Waals surface area contributed by atoms with Crippen LogP contribution in [0, 0.1) is 0 Å². The predicted octanol–water partition coefficient (Wildman–Crippen LogP) is 1.19. The summed E-state index contributed by atoms with van der Waals surface area (Å²) < 4.78 is 13.7. The fraction of sp³-hybridized carbons (Fsp3) is 0.600. The Hall–Kier alpha value is -3.42. The average molecular weight is 647 g/mol. The molecule has 1 aliphatic carbocycles. The highest BCUT2D eigenvalue weighted by molar-refractivity contribution is 6.15. The summed E-state index contributed by atoms with van der Waals surface area (Å²) in [6.45, 7) is 11.7. The number of piperidine rings is 1. The van der Waals surface area contributed by atoms with Gasteiger partial charge in [-0.2, -0.15) is 0 Å². The molecule has 0 radical (unpaired) electrons. The molecule has 2 aromatic rings. The first kappa shape index (κ1) is 32.1. The van der Waals surface area contributed by atoms with Crippen LogP contribution in [0.5, 0.6) is 5.88 Å². The molecule has 1 aromatic heterocycles. The summed E-state index contributed by atoms with van der Waals surface area (Å²) in [7, 11) is 0. The summed E-state index contributed by atoms with van der Waals surface area (Å²) in [5.41, 5.74) is -0.271. The number of morpholine rings is 2. The standard InChI is InChI=1S/C35H46N6O6/c42-32-25-6-7-26-30-29(25)27(34(44)40(32)13-4-11-38-16-20-46-21-17-38)24-28(36-8-15-37-9-2-1-3-10-37)31(30)35(45)41(33(26)43)14-5-12-39-18-22-47-23-19-39/h6-7,24,43H,1-5,8-23H2. The predicted molar refractivity (Wildman–Crippen MR) is 181 cm³/mol. The van der Waals surface area contributed by atoms with Crippen LogP contribution in [-0.4, -0.2) is 121 Å². The van der Waals surface area contributed by atoms with Gasteiger partial charge in [-0.3, -0.25) is 38.3 Å². The number of aromatic nitrogens is 2. The molecule has 5 aliphatic rings. The number of aromatic hydroxyl groups is 1. The second-order valence-electron chi connectivity index (χ2n) is 13.2. The van der Waals surface area contributed by atoms with Gasteiger partial charge in [-0.15, -0.1) is 0 Å². The molecule has 3 fully saturated rings. The van der Waals surface area contributed by atoms with Crippen molar-refractivity contribution in [3.63, 3.8) is 0 Å². The van der Waals surface area contributed by atoms with Crippen molar-refractivity contribution in [2.24, 2.45) is 4.99 Å². The molecule has 12 nitrogen and oxygen atoms in total. The number of hydrogen-bond acceptors (Lipinski definition) is 10. The van der Waals surface area contributed by atoms with E-state index in [0.29, 0.717) is 96.9 Å². The second-order valence-corrected chi connectivity index (χ2v) is 13.2. The molecule has 0 unspecified atom stereocenters. The Kier molecular flexibility index (Phi) is 9.83. The first-order valence-electron chi connectivity index (χ1n) is 17.4. The van der Waals surface area contributed by atoms with Gasteiger partial charge in [0.2, 0.25) is 5.88 Å². The summed E-state index contributed by atoms with van der Waals surface area (Å²) in [6, 6.07) is 5.13. The Morgan fingerprint density at radius 3 is 1.89 bits per heavy atom. The summed E-state index contributed by atoms with van der Waals surface area (Å²) in [5, 5.41) is 13.6. The van der Waals surface area contributed by atoms with Crippen molar-refractivity contribution in [3.8, 4) is 17.0 Å². The van der Waals surface area contributed by atoms with Crippen LogP contribution in [0.25, 0.3) is 32.7 Å². The van der Waals surface area contributed by atoms with Gasteiger partial charge in [0, 0.05) is 80.6 Å². The Balaban J connectivity index is 1.31.